The largest absolute Gasteiger partial charge is 0.376 e. The van der Waals surface area contributed by atoms with Gasteiger partial charge >= 0.3 is 0 Å². The van der Waals surface area contributed by atoms with E-state index in [1.807, 2.05) is 0 Å². The van der Waals surface area contributed by atoms with Crippen LogP contribution in [-0.4, -0.2) is 19.3 Å². The molecule has 1 aliphatic carbocycles. The molecule has 20 heavy (non-hydrogen) atoms. The van der Waals surface area contributed by atoms with Gasteiger partial charge in [0.2, 0.25) is 0 Å². The maximum absolute atomic E-state index is 6.21. The molecular formula is C18H29NO. The van der Waals surface area contributed by atoms with Crippen molar-refractivity contribution in [2.24, 2.45) is 5.41 Å². The van der Waals surface area contributed by atoms with E-state index < -0.39 is 0 Å². The summed E-state index contributed by atoms with van der Waals surface area (Å²) in [6.45, 7) is 10.9. The lowest BCUT2D eigenvalue weighted by Gasteiger charge is -2.24. The monoisotopic (exact) mass is 275 g/mol. The SMILES string of the molecule is CCCNC1c2ccccc2CC1OCCC(C)(C)C. The van der Waals surface area contributed by atoms with Crippen LogP contribution in [0.3, 0.4) is 0 Å². The standard InChI is InChI=1S/C18H29NO/c1-5-11-19-17-15-9-7-6-8-14(15)13-16(17)20-12-10-18(2,3)4/h6-9,16-17,19H,5,10-13H2,1-4H3. The third kappa shape index (κ3) is 4.07. The molecule has 2 atom stereocenters. The lowest BCUT2D eigenvalue weighted by Crippen LogP contribution is -2.32. The van der Waals surface area contributed by atoms with Crippen molar-refractivity contribution in [3.05, 3.63) is 35.4 Å². The summed E-state index contributed by atoms with van der Waals surface area (Å²) in [5.74, 6) is 0. The normalized spacial score (nSPS) is 22.0. The van der Waals surface area contributed by atoms with Crippen molar-refractivity contribution < 1.29 is 4.74 Å². The number of fused-ring (bicyclic) bond motifs is 1. The summed E-state index contributed by atoms with van der Waals surface area (Å²) in [4.78, 5) is 0. The van der Waals surface area contributed by atoms with Gasteiger partial charge in [0.15, 0.2) is 0 Å². The average Bonchev–Trinajstić information content (AvgIpc) is 2.72. The van der Waals surface area contributed by atoms with E-state index in [2.05, 4.69) is 57.3 Å². The van der Waals surface area contributed by atoms with Crippen molar-refractivity contribution >= 4 is 0 Å². The van der Waals surface area contributed by atoms with Gasteiger partial charge in [-0.3, -0.25) is 0 Å². The molecule has 2 nitrogen and oxygen atoms in total. The fourth-order valence-electron chi connectivity index (χ4n) is 2.77. The molecular weight excluding hydrogens is 246 g/mol. The second-order valence-electron chi connectivity index (χ2n) is 7.05. The van der Waals surface area contributed by atoms with E-state index >= 15 is 0 Å². The third-order valence-electron chi connectivity index (χ3n) is 3.98. The summed E-state index contributed by atoms with van der Waals surface area (Å²) in [6.07, 6.45) is 3.61. The first-order chi connectivity index (χ1) is 9.51. The number of benzene rings is 1. The Hall–Kier alpha value is -0.860. The Morgan fingerprint density at radius 1 is 1.25 bits per heavy atom. The molecule has 0 bridgehead atoms. The topological polar surface area (TPSA) is 21.3 Å². The maximum atomic E-state index is 6.21. The molecule has 0 saturated heterocycles. The van der Waals surface area contributed by atoms with Crippen LogP contribution in [0, 0.1) is 5.41 Å². The fourth-order valence-corrected chi connectivity index (χ4v) is 2.77. The first kappa shape index (κ1) is 15.5. The second kappa shape index (κ2) is 6.73. The molecule has 0 spiro atoms. The van der Waals surface area contributed by atoms with Gasteiger partial charge in [-0.15, -0.1) is 0 Å². The van der Waals surface area contributed by atoms with Crippen LogP contribution >= 0.6 is 0 Å². The minimum atomic E-state index is 0.293. The Morgan fingerprint density at radius 3 is 2.70 bits per heavy atom. The second-order valence-corrected chi connectivity index (χ2v) is 7.05. The van der Waals surface area contributed by atoms with E-state index in [0.717, 1.165) is 32.4 Å². The zero-order valence-electron chi connectivity index (χ0n) is 13.4. The van der Waals surface area contributed by atoms with E-state index in [9.17, 15) is 0 Å². The van der Waals surface area contributed by atoms with E-state index in [4.69, 9.17) is 4.74 Å². The van der Waals surface area contributed by atoms with Gasteiger partial charge in [0.25, 0.3) is 0 Å². The van der Waals surface area contributed by atoms with Crippen LogP contribution in [0.5, 0.6) is 0 Å². The summed E-state index contributed by atoms with van der Waals surface area (Å²) < 4.78 is 6.21. The molecule has 0 heterocycles. The van der Waals surface area contributed by atoms with Gasteiger partial charge in [-0.25, -0.2) is 0 Å². The molecule has 0 saturated carbocycles. The van der Waals surface area contributed by atoms with Crippen molar-refractivity contribution in [3.8, 4) is 0 Å². The summed E-state index contributed by atoms with van der Waals surface area (Å²) >= 11 is 0. The number of hydrogen-bond acceptors (Lipinski definition) is 2. The predicted octanol–water partition coefficient (Wildman–Crippen LogP) is 4.10. The molecule has 112 valence electrons. The average molecular weight is 275 g/mol. The van der Waals surface area contributed by atoms with E-state index in [1.165, 1.54) is 11.1 Å². The highest BCUT2D eigenvalue weighted by atomic mass is 16.5. The smallest absolute Gasteiger partial charge is 0.0810 e. The highest BCUT2D eigenvalue weighted by molar-refractivity contribution is 5.36. The summed E-state index contributed by atoms with van der Waals surface area (Å²) in [6, 6.07) is 9.12. The zero-order chi connectivity index (χ0) is 14.6. The Labute approximate surface area is 123 Å². The zero-order valence-corrected chi connectivity index (χ0v) is 13.4. The molecule has 0 fully saturated rings. The van der Waals surface area contributed by atoms with Crippen LogP contribution in [0.15, 0.2) is 24.3 Å². The number of hydrogen-bond donors (Lipinski definition) is 1. The van der Waals surface area contributed by atoms with Crippen LogP contribution in [-0.2, 0) is 11.2 Å². The van der Waals surface area contributed by atoms with Gasteiger partial charge in [0, 0.05) is 13.0 Å². The predicted molar refractivity (Wildman–Crippen MR) is 85.0 cm³/mol. The Kier molecular flexibility index (Phi) is 5.22. The molecule has 0 radical (unpaired) electrons. The minimum absolute atomic E-state index is 0.293. The Bertz CT molecular complexity index is 422. The molecule has 0 amide bonds. The highest BCUT2D eigenvalue weighted by Crippen LogP contribution is 2.33. The molecule has 1 aromatic rings. The molecule has 2 heteroatoms. The summed E-state index contributed by atoms with van der Waals surface area (Å²) in [5, 5.41) is 3.66. The van der Waals surface area contributed by atoms with Gasteiger partial charge in [-0.1, -0.05) is 52.0 Å². The lowest BCUT2D eigenvalue weighted by molar-refractivity contribution is 0.0214. The van der Waals surface area contributed by atoms with Gasteiger partial charge in [-0.05, 0) is 35.9 Å². The van der Waals surface area contributed by atoms with Crippen molar-refractivity contribution in [3.63, 3.8) is 0 Å². The van der Waals surface area contributed by atoms with Crippen LogP contribution in [0.25, 0.3) is 0 Å². The molecule has 1 N–H and O–H groups in total. The molecule has 2 rings (SSSR count). The van der Waals surface area contributed by atoms with E-state index in [-0.39, 0.29) is 0 Å². The molecule has 1 aromatic carbocycles. The summed E-state index contributed by atoms with van der Waals surface area (Å²) in [7, 11) is 0. The number of nitrogens with one attached hydrogen (secondary N) is 1. The van der Waals surface area contributed by atoms with Crippen LogP contribution < -0.4 is 5.32 Å². The fraction of sp³-hybridized carbons (Fsp3) is 0.667. The van der Waals surface area contributed by atoms with Gasteiger partial charge in [-0.2, -0.15) is 0 Å². The number of rotatable bonds is 6. The van der Waals surface area contributed by atoms with Crippen molar-refractivity contribution in [2.75, 3.05) is 13.2 Å². The van der Waals surface area contributed by atoms with Gasteiger partial charge in [0.1, 0.15) is 0 Å². The Balaban J connectivity index is 1.98. The van der Waals surface area contributed by atoms with Crippen LogP contribution in [0.1, 0.15) is 57.7 Å². The van der Waals surface area contributed by atoms with Crippen molar-refractivity contribution in [2.45, 2.75) is 59.1 Å². The van der Waals surface area contributed by atoms with Crippen molar-refractivity contribution in [1.29, 1.82) is 0 Å². The Morgan fingerprint density at radius 2 is 2.00 bits per heavy atom. The van der Waals surface area contributed by atoms with Gasteiger partial charge < -0.3 is 10.1 Å². The van der Waals surface area contributed by atoms with Crippen LogP contribution in [0.2, 0.25) is 0 Å². The molecule has 2 unspecified atom stereocenters. The highest BCUT2D eigenvalue weighted by Gasteiger charge is 2.32. The first-order valence-corrected chi connectivity index (χ1v) is 7.94. The lowest BCUT2D eigenvalue weighted by atomic mass is 9.93. The third-order valence-corrected chi connectivity index (χ3v) is 3.98. The van der Waals surface area contributed by atoms with E-state index in [0.29, 0.717) is 17.6 Å². The quantitative estimate of drug-likeness (QED) is 0.843. The molecule has 1 aliphatic rings. The van der Waals surface area contributed by atoms with Crippen LogP contribution in [0.4, 0.5) is 0 Å². The minimum Gasteiger partial charge on any atom is -0.376 e. The van der Waals surface area contributed by atoms with Gasteiger partial charge in [0.05, 0.1) is 12.1 Å². The first-order valence-electron chi connectivity index (χ1n) is 7.94. The summed E-state index contributed by atoms with van der Waals surface area (Å²) in [5.41, 5.74) is 3.22. The van der Waals surface area contributed by atoms with E-state index in [1.54, 1.807) is 0 Å². The van der Waals surface area contributed by atoms with Crippen molar-refractivity contribution in [1.82, 2.24) is 5.32 Å². The molecule has 0 aliphatic heterocycles. The number of ether oxygens (including phenoxy) is 1. The maximum Gasteiger partial charge on any atom is 0.0810 e. The molecule has 0 aromatic heterocycles.